The molecule has 0 atom stereocenters. The molecule has 1 saturated heterocycles. The minimum absolute atomic E-state index is 0.115. The Bertz CT molecular complexity index is 359. The number of fused-ring (bicyclic) bond motifs is 1. The van der Waals surface area contributed by atoms with Gasteiger partial charge in [0.1, 0.15) is 0 Å². The smallest absolute Gasteiger partial charge is 0.228 e. The van der Waals surface area contributed by atoms with Gasteiger partial charge in [0.25, 0.3) is 0 Å². The molecule has 0 radical (unpaired) electrons. The Balaban J connectivity index is 2.28. The number of carbonyl (C=O) groups is 1. The monoisotopic (exact) mass is 189 g/mol. The van der Waals surface area contributed by atoms with Crippen molar-refractivity contribution in [1.29, 1.82) is 0 Å². The van der Waals surface area contributed by atoms with Gasteiger partial charge in [0.15, 0.2) is 0 Å². The van der Waals surface area contributed by atoms with E-state index in [0.717, 1.165) is 17.7 Å². The Morgan fingerprint density at radius 3 is 2.86 bits per heavy atom. The molecule has 0 aromatic carbocycles. The van der Waals surface area contributed by atoms with E-state index in [0.29, 0.717) is 12.3 Å². The number of nitrogens with one attached hydrogen (secondary N) is 1. The van der Waals surface area contributed by atoms with Gasteiger partial charge in [0.05, 0.1) is 6.42 Å². The lowest BCUT2D eigenvalue weighted by molar-refractivity contribution is -0.118. The summed E-state index contributed by atoms with van der Waals surface area (Å²) in [5.74, 6) is 0.696. The minimum Gasteiger partial charge on any atom is -0.326 e. The van der Waals surface area contributed by atoms with Gasteiger partial charge in [-0.05, 0) is 17.9 Å². The molecule has 1 amide bonds. The Labute approximate surface area is 84.4 Å². The number of hydrogen-bond acceptors (Lipinski definition) is 1. The van der Waals surface area contributed by atoms with E-state index in [1.54, 1.807) is 0 Å². The van der Waals surface area contributed by atoms with Gasteiger partial charge in [-0.25, -0.2) is 0 Å². The minimum atomic E-state index is 0.115. The SMILES string of the molecule is CC(C)C1=CC=C2CC(=O)NC2=CC1. The second-order valence-electron chi connectivity index (χ2n) is 4.14. The molecular formula is C12H15NO. The third-order valence-electron chi connectivity index (χ3n) is 2.75. The van der Waals surface area contributed by atoms with Crippen molar-refractivity contribution in [3.05, 3.63) is 35.1 Å². The van der Waals surface area contributed by atoms with Crippen LogP contribution < -0.4 is 5.32 Å². The molecule has 1 fully saturated rings. The summed E-state index contributed by atoms with van der Waals surface area (Å²) in [6.07, 6.45) is 7.84. The van der Waals surface area contributed by atoms with Crippen LogP contribution in [0.2, 0.25) is 0 Å². The molecule has 0 saturated carbocycles. The molecule has 0 unspecified atom stereocenters. The van der Waals surface area contributed by atoms with E-state index < -0.39 is 0 Å². The molecule has 2 rings (SSSR count). The maximum absolute atomic E-state index is 11.1. The van der Waals surface area contributed by atoms with Gasteiger partial charge in [-0.15, -0.1) is 0 Å². The summed E-state index contributed by atoms with van der Waals surface area (Å²) in [6.45, 7) is 4.39. The Morgan fingerprint density at radius 1 is 1.36 bits per heavy atom. The summed E-state index contributed by atoms with van der Waals surface area (Å²) in [7, 11) is 0. The summed E-state index contributed by atoms with van der Waals surface area (Å²) in [4.78, 5) is 11.1. The number of allylic oxidation sites excluding steroid dienone is 5. The first kappa shape index (κ1) is 9.25. The molecule has 2 heteroatoms. The van der Waals surface area contributed by atoms with E-state index in [1.807, 2.05) is 0 Å². The van der Waals surface area contributed by atoms with Crippen molar-refractivity contribution in [3.63, 3.8) is 0 Å². The summed E-state index contributed by atoms with van der Waals surface area (Å²) in [6, 6.07) is 0. The fraction of sp³-hybridized carbons (Fsp3) is 0.417. The average molecular weight is 189 g/mol. The predicted octanol–water partition coefficient (Wildman–Crippen LogP) is 2.30. The van der Waals surface area contributed by atoms with Gasteiger partial charge in [0, 0.05) is 5.70 Å². The third kappa shape index (κ3) is 1.65. The Kier molecular flexibility index (Phi) is 2.28. The van der Waals surface area contributed by atoms with E-state index in [1.165, 1.54) is 5.57 Å². The molecule has 2 nitrogen and oxygen atoms in total. The molecule has 0 aromatic heterocycles. The molecule has 1 N–H and O–H groups in total. The lowest BCUT2D eigenvalue weighted by Gasteiger charge is -2.06. The highest BCUT2D eigenvalue weighted by Crippen LogP contribution is 2.26. The molecule has 2 aliphatic rings. The zero-order chi connectivity index (χ0) is 10.1. The molecule has 74 valence electrons. The molecule has 0 spiro atoms. The fourth-order valence-corrected chi connectivity index (χ4v) is 1.80. The second kappa shape index (κ2) is 3.45. The first-order chi connectivity index (χ1) is 6.66. The van der Waals surface area contributed by atoms with E-state index in [4.69, 9.17) is 0 Å². The maximum atomic E-state index is 11.1. The predicted molar refractivity (Wildman–Crippen MR) is 56.5 cm³/mol. The van der Waals surface area contributed by atoms with Gasteiger partial charge < -0.3 is 5.32 Å². The van der Waals surface area contributed by atoms with Gasteiger partial charge in [-0.1, -0.05) is 37.6 Å². The molecule has 14 heavy (non-hydrogen) atoms. The quantitative estimate of drug-likeness (QED) is 0.673. The van der Waals surface area contributed by atoms with Crippen molar-refractivity contribution >= 4 is 5.91 Å². The summed E-state index contributed by atoms with van der Waals surface area (Å²) < 4.78 is 0. The number of hydrogen-bond donors (Lipinski definition) is 1. The lowest BCUT2D eigenvalue weighted by Crippen LogP contribution is -2.11. The molecule has 1 aliphatic carbocycles. The highest BCUT2D eigenvalue weighted by atomic mass is 16.1. The first-order valence-corrected chi connectivity index (χ1v) is 5.07. The van der Waals surface area contributed by atoms with Crippen molar-refractivity contribution < 1.29 is 4.79 Å². The van der Waals surface area contributed by atoms with E-state index in [-0.39, 0.29) is 5.91 Å². The lowest BCUT2D eigenvalue weighted by atomic mass is 10.0. The summed E-state index contributed by atoms with van der Waals surface area (Å²) in [5, 5.41) is 2.88. The van der Waals surface area contributed by atoms with Gasteiger partial charge >= 0.3 is 0 Å². The van der Waals surface area contributed by atoms with Crippen LogP contribution in [0.25, 0.3) is 0 Å². The normalized spacial score (nSPS) is 20.8. The van der Waals surface area contributed by atoms with E-state index >= 15 is 0 Å². The van der Waals surface area contributed by atoms with Crippen molar-refractivity contribution in [2.24, 2.45) is 5.92 Å². The Morgan fingerprint density at radius 2 is 2.14 bits per heavy atom. The van der Waals surface area contributed by atoms with Crippen LogP contribution in [0, 0.1) is 5.92 Å². The van der Waals surface area contributed by atoms with Crippen LogP contribution in [-0.4, -0.2) is 5.91 Å². The topological polar surface area (TPSA) is 29.1 Å². The zero-order valence-electron chi connectivity index (χ0n) is 8.63. The van der Waals surface area contributed by atoms with Crippen LogP contribution in [0.15, 0.2) is 35.1 Å². The van der Waals surface area contributed by atoms with Crippen molar-refractivity contribution in [1.82, 2.24) is 5.32 Å². The average Bonchev–Trinajstić information content (AvgIpc) is 2.34. The van der Waals surface area contributed by atoms with Crippen LogP contribution in [0.1, 0.15) is 26.7 Å². The van der Waals surface area contributed by atoms with Crippen LogP contribution in [0.4, 0.5) is 0 Å². The Hall–Kier alpha value is -1.31. The van der Waals surface area contributed by atoms with Gasteiger partial charge in [-0.2, -0.15) is 0 Å². The zero-order valence-corrected chi connectivity index (χ0v) is 8.63. The largest absolute Gasteiger partial charge is 0.326 e. The van der Waals surface area contributed by atoms with Crippen molar-refractivity contribution in [3.8, 4) is 0 Å². The standard InChI is InChI=1S/C12H15NO/c1-8(2)9-3-4-10-7-12(14)13-11(10)6-5-9/h3-4,6,8H,5,7H2,1-2H3,(H,13,14). The van der Waals surface area contributed by atoms with Gasteiger partial charge in [-0.3, -0.25) is 4.79 Å². The van der Waals surface area contributed by atoms with Crippen LogP contribution >= 0.6 is 0 Å². The van der Waals surface area contributed by atoms with Crippen molar-refractivity contribution in [2.45, 2.75) is 26.7 Å². The number of rotatable bonds is 1. The first-order valence-electron chi connectivity index (χ1n) is 5.07. The van der Waals surface area contributed by atoms with Crippen LogP contribution in [-0.2, 0) is 4.79 Å². The maximum Gasteiger partial charge on any atom is 0.228 e. The summed E-state index contributed by atoms with van der Waals surface area (Å²) in [5.41, 5.74) is 3.57. The third-order valence-corrected chi connectivity index (χ3v) is 2.75. The molecular weight excluding hydrogens is 174 g/mol. The van der Waals surface area contributed by atoms with Crippen LogP contribution in [0.3, 0.4) is 0 Å². The molecule has 0 bridgehead atoms. The molecule has 1 aliphatic heterocycles. The molecule has 1 heterocycles. The second-order valence-corrected chi connectivity index (χ2v) is 4.14. The van der Waals surface area contributed by atoms with Gasteiger partial charge in [0.2, 0.25) is 5.91 Å². The number of amides is 1. The number of carbonyl (C=O) groups excluding carboxylic acids is 1. The fourth-order valence-electron chi connectivity index (χ4n) is 1.80. The van der Waals surface area contributed by atoms with E-state index in [2.05, 4.69) is 37.4 Å². The highest BCUT2D eigenvalue weighted by Gasteiger charge is 2.21. The van der Waals surface area contributed by atoms with Crippen LogP contribution in [0.5, 0.6) is 0 Å². The molecule has 0 aromatic rings. The summed E-state index contributed by atoms with van der Waals surface area (Å²) >= 11 is 0. The van der Waals surface area contributed by atoms with Crippen molar-refractivity contribution in [2.75, 3.05) is 0 Å². The highest BCUT2D eigenvalue weighted by molar-refractivity contribution is 5.87. The van der Waals surface area contributed by atoms with E-state index in [9.17, 15) is 4.79 Å².